The van der Waals surface area contributed by atoms with Crippen LogP contribution in [0.5, 0.6) is 0 Å². The summed E-state index contributed by atoms with van der Waals surface area (Å²) in [7, 11) is 0.670. The van der Waals surface area contributed by atoms with Gasteiger partial charge in [-0.2, -0.15) is 0 Å². The van der Waals surface area contributed by atoms with E-state index in [0.29, 0.717) is 0 Å². The Morgan fingerprint density at radius 2 is 1.72 bits per heavy atom. The quantitative estimate of drug-likeness (QED) is 0.814. The highest BCUT2D eigenvalue weighted by molar-refractivity contribution is 7.84. The summed E-state index contributed by atoms with van der Waals surface area (Å²) in [5, 5.41) is 0. The number of nitrogens with zero attached hydrogens (tertiary/aromatic N) is 1. The average Bonchev–Trinajstić information content (AvgIpc) is 2.56. The van der Waals surface area contributed by atoms with E-state index in [1.807, 2.05) is 51.1 Å². The van der Waals surface area contributed by atoms with Crippen molar-refractivity contribution < 1.29 is 13.7 Å². The third-order valence-corrected chi connectivity index (χ3v) is 6.26. The number of carbonyl (C=O) groups is 1. The normalized spacial score (nSPS) is 20.7. The Balaban J connectivity index is 2.22. The van der Waals surface area contributed by atoms with E-state index in [1.165, 1.54) is 0 Å². The van der Waals surface area contributed by atoms with E-state index in [0.717, 1.165) is 31.5 Å². The molecule has 1 saturated heterocycles. The maximum absolute atomic E-state index is 13.0. The van der Waals surface area contributed by atoms with Crippen LogP contribution in [0.2, 0.25) is 0 Å². The fraction of sp³-hybridized carbons (Fsp3) is 0.632. The first-order valence-corrected chi connectivity index (χ1v) is 9.93. The molecule has 1 aromatic carbocycles. The molecule has 0 radical (unpaired) electrons. The summed E-state index contributed by atoms with van der Waals surface area (Å²) in [6, 6.07) is 9.37. The summed E-state index contributed by atoms with van der Waals surface area (Å²) < 4.78 is 21.0. The minimum absolute atomic E-state index is 0.0865. The first-order valence-electron chi connectivity index (χ1n) is 8.78. The van der Waals surface area contributed by atoms with E-state index in [-0.39, 0.29) is 12.1 Å². The molecule has 2 atom stereocenters. The largest absolute Gasteiger partial charge is 0.461 e. The third-order valence-electron chi connectivity index (χ3n) is 4.55. The van der Waals surface area contributed by atoms with Gasteiger partial charge in [-0.05, 0) is 53.1 Å². The van der Waals surface area contributed by atoms with Crippen LogP contribution in [0.1, 0.15) is 46.1 Å². The first-order chi connectivity index (χ1) is 11.6. The molecule has 1 aliphatic rings. The van der Waals surface area contributed by atoms with E-state index in [4.69, 9.17) is 4.74 Å². The molecule has 0 saturated carbocycles. The zero-order valence-corrected chi connectivity index (χ0v) is 16.7. The van der Waals surface area contributed by atoms with E-state index >= 15 is 0 Å². The van der Waals surface area contributed by atoms with Gasteiger partial charge in [-0.3, -0.25) is 0 Å². The van der Waals surface area contributed by atoms with E-state index in [1.54, 1.807) is 6.92 Å². The Hall–Kier alpha value is -1.24. The molecule has 0 aromatic heterocycles. The van der Waals surface area contributed by atoms with Gasteiger partial charge in [0.15, 0.2) is 5.54 Å². The number of carbonyl (C=O) groups excluding carboxylic acids is 1. The zero-order valence-electron chi connectivity index (χ0n) is 15.9. The van der Waals surface area contributed by atoms with Gasteiger partial charge in [0, 0.05) is 13.1 Å². The molecule has 0 amide bonds. The topological polar surface area (TPSA) is 58.6 Å². The van der Waals surface area contributed by atoms with Gasteiger partial charge in [0.2, 0.25) is 0 Å². The Bertz CT molecular complexity index is 607. The fourth-order valence-corrected chi connectivity index (χ4v) is 3.58. The molecule has 0 aliphatic carbocycles. The van der Waals surface area contributed by atoms with Crippen molar-refractivity contribution in [3.05, 3.63) is 35.9 Å². The maximum Gasteiger partial charge on any atom is 0.331 e. The van der Waals surface area contributed by atoms with Crippen molar-refractivity contribution >= 4 is 17.0 Å². The minimum atomic E-state index is -1.40. The van der Waals surface area contributed by atoms with Crippen LogP contribution in [0.4, 0.5) is 0 Å². The molecular weight excluding hydrogens is 336 g/mol. The second-order valence-corrected chi connectivity index (χ2v) is 9.85. The monoisotopic (exact) mass is 366 g/mol. The highest BCUT2D eigenvalue weighted by Crippen LogP contribution is 2.27. The lowest BCUT2D eigenvalue weighted by Crippen LogP contribution is -2.53. The third kappa shape index (κ3) is 5.12. The van der Waals surface area contributed by atoms with Crippen molar-refractivity contribution in [2.45, 2.75) is 56.9 Å². The lowest BCUT2D eigenvalue weighted by atomic mass is 9.93. The van der Waals surface area contributed by atoms with Crippen LogP contribution in [0.25, 0.3) is 0 Å². The molecule has 25 heavy (non-hydrogen) atoms. The lowest BCUT2D eigenvalue weighted by molar-refractivity contribution is -0.158. The molecule has 140 valence electrons. The van der Waals surface area contributed by atoms with Crippen LogP contribution in [0.15, 0.2) is 30.3 Å². The molecule has 1 aromatic rings. The van der Waals surface area contributed by atoms with Crippen molar-refractivity contribution in [3.63, 3.8) is 0 Å². The average molecular weight is 367 g/mol. The lowest BCUT2D eigenvalue weighted by Gasteiger charge is -2.35. The Morgan fingerprint density at radius 1 is 1.16 bits per heavy atom. The van der Waals surface area contributed by atoms with E-state index < -0.39 is 21.3 Å². The van der Waals surface area contributed by atoms with Gasteiger partial charge in [0.1, 0.15) is 6.10 Å². The van der Waals surface area contributed by atoms with Crippen LogP contribution >= 0.6 is 0 Å². The summed E-state index contributed by atoms with van der Waals surface area (Å²) in [6.07, 6.45) is 1.57. The van der Waals surface area contributed by atoms with Crippen LogP contribution in [-0.4, -0.2) is 46.1 Å². The van der Waals surface area contributed by atoms with Crippen molar-refractivity contribution in [1.82, 2.24) is 9.62 Å². The van der Waals surface area contributed by atoms with Crippen molar-refractivity contribution in [2.24, 2.45) is 0 Å². The molecule has 1 fully saturated rings. The summed E-state index contributed by atoms with van der Waals surface area (Å²) in [6.45, 7) is 9.23. The Labute approximate surface area is 153 Å². The van der Waals surface area contributed by atoms with Gasteiger partial charge < -0.3 is 9.64 Å². The van der Waals surface area contributed by atoms with E-state index in [9.17, 15) is 9.00 Å². The second-order valence-electron chi connectivity index (χ2n) is 7.88. The number of piperidine rings is 1. The Kier molecular flexibility index (Phi) is 6.40. The molecule has 1 N–H and O–H groups in total. The van der Waals surface area contributed by atoms with E-state index in [2.05, 4.69) is 16.7 Å². The standard InChI is InChI=1S/C19H30N2O3S/c1-18(2,3)25(23)20-19(4,15-9-7-6-8-10-15)17(22)24-16-11-13-21(5)14-12-16/h6-10,16,20H,11-14H2,1-5H3. The number of ether oxygens (including phenoxy) is 1. The van der Waals surface area contributed by atoms with Crippen LogP contribution in [0, 0.1) is 0 Å². The number of benzene rings is 1. The van der Waals surface area contributed by atoms with Gasteiger partial charge in [-0.15, -0.1) is 0 Å². The van der Waals surface area contributed by atoms with Gasteiger partial charge in [0.25, 0.3) is 0 Å². The van der Waals surface area contributed by atoms with Gasteiger partial charge >= 0.3 is 5.97 Å². The second kappa shape index (κ2) is 7.98. The van der Waals surface area contributed by atoms with Crippen molar-refractivity contribution in [3.8, 4) is 0 Å². The van der Waals surface area contributed by atoms with Gasteiger partial charge in [-0.25, -0.2) is 13.7 Å². The van der Waals surface area contributed by atoms with Crippen LogP contribution < -0.4 is 4.72 Å². The smallest absolute Gasteiger partial charge is 0.331 e. The summed E-state index contributed by atoms with van der Waals surface area (Å²) in [5.74, 6) is -0.370. The number of hydrogen-bond donors (Lipinski definition) is 1. The predicted molar refractivity (Wildman–Crippen MR) is 101 cm³/mol. The highest BCUT2D eigenvalue weighted by atomic mass is 32.2. The van der Waals surface area contributed by atoms with Crippen LogP contribution in [0.3, 0.4) is 0 Å². The Morgan fingerprint density at radius 3 is 2.24 bits per heavy atom. The van der Waals surface area contributed by atoms with Crippen LogP contribution in [-0.2, 0) is 26.1 Å². The molecule has 0 bridgehead atoms. The van der Waals surface area contributed by atoms with Crippen molar-refractivity contribution in [1.29, 1.82) is 0 Å². The molecule has 2 unspecified atom stereocenters. The molecular formula is C19H30N2O3S. The number of nitrogens with one attached hydrogen (secondary N) is 1. The molecule has 5 nitrogen and oxygen atoms in total. The number of hydrogen-bond acceptors (Lipinski definition) is 4. The van der Waals surface area contributed by atoms with Gasteiger partial charge in [-0.1, -0.05) is 30.3 Å². The number of likely N-dealkylation sites (tertiary alicyclic amines) is 1. The van der Waals surface area contributed by atoms with Gasteiger partial charge in [0.05, 0.1) is 15.7 Å². The molecule has 1 heterocycles. The SMILES string of the molecule is CN1CCC(OC(=O)C(C)(NS(=O)C(C)(C)C)c2ccccc2)CC1. The number of esters is 1. The molecule has 0 spiro atoms. The first kappa shape index (κ1) is 20.1. The molecule has 1 aliphatic heterocycles. The fourth-order valence-electron chi connectivity index (χ4n) is 2.70. The predicted octanol–water partition coefficient (Wildman–Crippen LogP) is 2.59. The summed E-state index contributed by atoms with van der Waals surface area (Å²) in [5.41, 5.74) is -0.395. The molecule has 2 rings (SSSR count). The zero-order chi connectivity index (χ0) is 18.7. The molecule has 6 heteroatoms. The summed E-state index contributed by atoms with van der Waals surface area (Å²) in [4.78, 5) is 15.3. The highest BCUT2D eigenvalue weighted by Gasteiger charge is 2.41. The van der Waals surface area contributed by atoms with Crippen molar-refractivity contribution in [2.75, 3.05) is 20.1 Å². The summed E-state index contributed by atoms with van der Waals surface area (Å²) >= 11 is 0. The minimum Gasteiger partial charge on any atom is -0.461 e. The number of rotatable bonds is 5. The maximum atomic E-state index is 13.0.